The first-order valence-electron chi connectivity index (χ1n) is 6.16. The molecule has 92 valence electrons. The fourth-order valence-corrected chi connectivity index (χ4v) is 2.46. The van der Waals surface area contributed by atoms with E-state index in [1.807, 2.05) is 18.2 Å². The molecule has 0 unspecified atom stereocenters. The number of carbonyl (C=O) groups is 1. The molecule has 1 aromatic rings. The van der Waals surface area contributed by atoms with E-state index in [9.17, 15) is 4.79 Å². The third-order valence-electron chi connectivity index (χ3n) is 3.36. The third kappa shape index (κ3) is 3.25. The first-order valence-corrected chi connectivity index (χ1v) is 6.60. The minimum absolute atomic E-state index is 0.0895. The van der Waals surface area contributed by atoms with Crippen LogP contribution in [0.1, 0.15) is 43.0 Å². The average molecular weight is 250 g/mol. The summed E-state index contributed by atoms with van der Waals surface area (Å²) in [6, 6.07) is 7.26. The Morgan fingerprint density at radius 2 is 1.88 bits per heavy atom. The van der Waals surface area contributed by atoms with E-state index < -0.39 is 0 Å². The lowest BCUT2D eigenvalue weighted by molar-refractivity contribution is 0.0170. The molecule has 0 N–H and O–H groups in total. The van der Waals surface area contributed by atoms with Crippen LogP contribution in [-0.4, -0.2) is 12.1 Å². The maximum absolute atomic E-state index is 11.9. The van der Waals surface area contributed by atoms with E-state index in [2.05, 4.69) is 19.6 Å². The van der Waals surface area contributed by atoms with Crippen LogP contribution >= 0.6 is 12.6 Å². The van der Waals surface area contributed by atoms with Gasteiger partial charge in [0.25, 0.3) is 0 Å². The van der Waals surface area contributed by atoms with Crippen molar-refractivity contribution in [1.82, 2.24) is 0 Å². The molecule has 0 amide bonds. The number of rotatable bonds is 2. The molecular weight excluding hydrogens is 232 g/mol. The van der Waals surface area contributed by atoms with Crippen molar-refractivity contribution >= 4 is 18.6 Å². The molecule has 1 aliphatic rings. The van der Waals surface area contributed by atoms with E-state index >= 15 is 0 Å². The van der Waals surface area contributed by atoms with Crippen LogP contribution in [0.4, 0.5) is 0 Å². The highest BCUT2D eigenvalue weighted by Crippen LogP contribution is 2.26. The summed E-state index contributed by atoms with van der Waals surface area (Å²) < 4.78 is 5.52. The Bertz CT molecular complexity index is 395. The van der Waals surface area contributed by atoms with Crippen molar-refractivity contribution in [3.8, 4) is 0 Å². The van der Waals surface area contributed by atoms with Gasteiger partial charge in [0.05, 0.1) is 5.56 Å². The number of carbonyl (C=O) groups excluding carboxylic acids is 1. The van der Waals surface area contributed by atoms with Crippen molar-refractivity contribution in [2.75, 3.05) is 0 Å². The Morgan fingerprint density at radius 3 is 2.53 bits per heavy atom. The molecule has 0 saturated heterocycles. The Kier molecular flexibility index (Phi) is 4.11. The molecule has 0 aliphatic heterocycles. The molecule has 0 radical (unpaired) electrons. The number of esters is 1. The molecule has 0 aromatic heterocycles. The molecule has 17 heavy (non-hydrogen) atoms. The zero-order chi connectivity index (χ0) is 12.3. The second kappa shape index (κ2) is 5.58. The van der Waals surface area contributed by atoms with Crippen LogP contribution in [0.15, 0.2) is 29.2 Å². The van der Waals surface area contributed by atoms with Crippen molar-refractivity contribution in [2.45, 2.75) is 43.6 Å². The van der Waals surface area contributed by atoms with Gasteiger partial charge in [-0.25, -0.2) is 4.79 Å². The van der Waals surface area contributed by atoms with Gasteiger partial charge in [0.15, 0.2) is 0 Å². The second-order valence-electron chi connectivity index (χ2n) is 4.80. The van der Waals surface area contributed by atoms with E-state index in [1.165, 1.54) is 0 Å². The van der Waals surface area contributed by atoms with Crippen LogP contribution in [0.3, 0.4) is 0 Å². The number of hydrogen-bond donors (Lipinski definition) is 1. The fraction of sp³-hybridized carbons (Fsp3) is 0.500. The molecule has 1 aliphatic carbocycles. The van der Waals surface area contributed by atoms with E-state index in [-0.39, 0.29) is 12.1 Å². The van der Waals surface area contributed by atoms with E-state index in [0.29, 0.717) is 10.5 Å². The summed E-state index contributed by atoms with van der Waals surface area (Å²) in [4.78, 5) is 12.6. The minimum atomic E-state index is -0.241. The van der Waals surface area contributed by atoms with Crippen molar-refractivity contribution in [2.24, 2.45) is 5.92 Å². The number of benzene rings is 1. The molecule has 1 saturated carbocycles. The van der Waals surface area contributed by atoms with Crippen LogP contribution in [0.5, 0.6) is 0 Å². The summed E-state index contributed by atoms with van der Waals surface area (Å²) in [6.07, 6.45) is 4.37. The molecule has 1 fully saturated rings. The molecule has 2 rings (SSSR count). The maximum Gasteiger partial charge on any atom is 0.339 e. The van der Waals surface area contributed by atoms with Gasteiger partial charge in [0, 0.05) is 4.90 Å². The Hall–Kier alpha value is -0.960. The minimum Gasteiger partial charge on any atom is -0.459 e. The summed E-state index contributed by atoms with van der Waals surface area (Å²) in [5.74, 6) is 0.525. The highest BCUT2D eigenvalue weighted by Gasteiger charge is 2.22. The van der Waals surface area contributed by atoms with Crippen LogP contribution in [0.2, 0.25) is 0 Å². The first-order chi connectivity index (χ1) is 8.16. The van der Waals surface area contributed by atoms with Crippen LogP contribution in [0, 0.1) is 5.92 Å². The van der Waals surface area contributed by atoms with Crippen molar-refractivity contribution in [3.63, 3.8) is 0 Å². The zero-order valence-corrected chi connectivity index (χ0v) is 11.0. The molecule has 0 bridgehead atoms. The summed E-state index contributed by atoms with van der Waals surface area (Å²) in [5, 5.41) is 0. The average Bonchev–Trinajstić information content (AvgIpc) is 2.32. The fourth-order valence-electron chi connectivity index (χ4n) is 2.21. The molecule has 2 nitrogen and oxygen atoms in total. The van der Waals surface area contributed by atoms with Crippen LogP contribution < -0.4 is 0 Å². The van der Waals surface area contributed by atoms with Crippen LogP contribution in [0.25, 0.3) is 0 Å². The van der Waals surface area contributed by atoms with Gasteiger partial charge in [-0.1, -0.05) is 19.1 Å². The van der Waals surface area contributed by atoms with Crippen LogP contribution in [-0.2, 0) is 4.74 Å². The van der Waals surface area contributed by atoms with Crippen molar-refractivity contribution < 1.29 is 9.53 Å². The number of thiol groups is 1. The van der Waals surface area contributed by atoms with Gasteiger partial charge < -0.3 is 4.74 Å². The maximum atomic E-state index is 11.9. The Labute approximate surface area is 108 Å². The van der Waals surface area contributed by atoms with Gasteiger partial charge in [0.1, 0.15) is 6.10 Å². The number of hydrogen-bond acceptors (Lipinski definition) is 3. The van der Waals surface area contributed by atoms with Gasteiger partial charge in [-0.3, -0.25) is 0 Å². The molecule has 0 heterocycles. The number of ether oxygens (including phenoxy) is 1. The predicted octanol–water partition coefficient (Wildman–Crippen LogP) is 3.71. The van der Waals surface area contributed by atoms with E-state index in [4.69, 9.17) is 4.74 Å². The Morgan fingerprint density at radius 1 is 1.24 bits per heavy atom. The normalized spacial score (nSPS) is 24.4. The van der Waals surface area contributed by atoms with Gasteiger partial charge >= 0.3 is 5.97 Å². The second-order valence-corrected chi connectivity index (χ2v) is 5.29. The Balaban J connectivity index is 1.96. The van der Waals surface area contributed by atoms with Gasteiger partial charge in [-0.15, -0.1) is 12.6 Å². The van der Waals surface area contributed by atoms with Gasteiger partial charge in [0.2, 0.25) is 0 Å². The molecule has 3 heteroatoms. The lowest BCUT2D eigenvalue weighted by Gasteiger charge is -2.26. The third-order valence-corrected chi connectivity index (χ3v) is 3.75. The summed E-state index contributed by atoms with van der Waals surface area (Å²) in [5.41, 5.74) is 0.564. The first kappa shape index (κ1) is 12.5. The predicted molar refractivity (Wildman–Crippen MR) is 70.5 cm³/mol. The standard InChI is InChI=1S/C14H18O2S/c1-10-6-8-11(9-7-10)16-14(15)12-4-2-3-5-13(12)17/h2-5,10-11,17H,6-9H2,1H3. The topological polar surface area (TPSA) is 26.3 Å². The summed E-state index contributed by atoms with van der Waals surface area (Å²) in [7, 11) is 0. The SMILES string of the molecule is CC1CCC(OC(=O)c2ccccc2S)CC1. The monoisotopic (exact) mass is 250 g/mol. The van der Waals surface area contributed by atoms with Gasteiger partial charge in [-0.2, -0.15) is 0 Å². The zero-order valence-electron chi connectivity index (χ0n) is 10.1. The lowest BCUT2D eigenvalue weighted by atomic mass is 9.89. The lowest BCUT2D eigenvalue weighted by Crippen LogP contribution is -2.23. The largest absolute Gasteiger partial charge is 0.459 e. The highest BCUT2D eigenvalue weighted by atomic mass is 32.1. The van der Waals surface area contributed by atoms with Crippen molar-refractivity contribution in [1.29, 1.82) is 0 Å². The molecule has 1 aromatic carbocycles. The quantitative estimate of drug-likeness (QED) is 0.639. The molecular formula is C14H18O2S. The smallest absolute Gasteiger partial charge is 0.339 e. The molecule has 0 atom stereocenters. The van der Waals surface area contributed by atoms with E-state index in [0.717, 1.165) is 31.6 Å². The van der Waals surface area contributed by atoms with E-state index in [1.54, 1.807) is 6.07 Å². The van der Waals surface area contributed by atoms with Gasteiger partial charge in [-0.05, 0) is 43.7 Å². The summed E-state index contributed by atoms with van der Waals surface area (Å²) >= 11 is 4.27. The summed E-state index contributed by atoms with van der Waals surface area (Å²) in [6.45, 7) is 2.25. The van der Waals surface area contributed by atoms with Crippen molar-refractivity contribution in [3.05, 3.63) is 29.8 Å². The molecule has 0 spiro atoms. The highest BCUT2D eigenvalue weighted by molar-refractivity contribution is 7.80.